The van der Waals surface area contributed by atoms with E-state index < -0.39 is 0 Å². The Morgan fingerprint density at radius 1 is 1.00 bits per heavy atom. The van der Waals surface area contributed by atoms with Crippen molar-refractivity contribution in [1.82, 2.24) is 10.2 Å². The fourth-order valence-corrected chi connectivity index (χ4v) is 2.17. The molecule has 0 spiro atoms. The van der Waals surface area contributed by atoms with Crippen LogP contribution in [0.4, 0.5) is 0 Å². The summed E-state index contributed by atoms with van der Waals surface area (Å²) < 4.78 is 5.50. The van der Waals surface area contributed by atoms with Gasteiger partial charge in [0.05, 0.1) is 6.61 Å². The fourth-order valence-electron chi connectivity index (χ4n) is 2.17. The minimum Gasteiger partial charge on any atom is -0.390 e. The van der Waals surface area contributed by atoms with Gasteiger partial charge in [0, 0.05) is 19.4 Å². The first kappa shape index (κ1) is 22.7. The van der Waals surface area contributed by atoms with E-state index in [2.05, 4.69) is 16.8 Å². The molecule has 128 valence electrons. The van der Waals surface area contributed by atoms with Gasteiger partial charge in [-0.15, -0.1) is 0 Å². The zero-order valence-corrected chi connectivity index (χ0v) is 15.3. The van der Waals surface area contributed by atoms with Crippen LogP contribution in [-0.4, -0.2) is 44.8 Å². The van der Waals surface area contributed by atoms with Crippen molar-refractivity contribution in [2.24, 2.45) is 0 Å². The monoisotopic (exact) mass is 300 g/mol. The van der Waals surface area contributed by atoms with E-state index in [0.29, 0.717) is 6.61 Å². The lowest BCUT2D eigenvalue weighted by Gasteiger charge is -2.26. The Kier molecular flexibility index (Phi) is 21.1. The number of hydrogen-bond acceptors (Lipinski definition) is 3. The summed E-state index contributed by atoms with van der Waals surface area (Å²) in [6.45, 7) is 17.2. The second-order valence-corrected chi connectivity index (χ2v) is 4.87. The molecular weight excluding hydrogens is 260 g/mol. The van der Waals surface area contributed by atoms with E-state index >= 15 is 0 Å². The summed E-state index contributed by atoms with van der Waals surface area (Å²) in [5.74, 6) is 0. The van der Waals surface area contributed by atoms with Crippen LogP contribution in [-0.2, 0) is 4.74 Å². The Morgan fingerprint density at radius 3 is 2.19 bits per heavy atom. The molecule has 0 aliphatic carbocycles. The SMILES string of the molecule is C=C(COCCCCCN1CCCCC1)NC.CC.CC. The van der Waals surface area contributed by atoms with Gasteiger partial charge >= 0.3 is 0 Å². The first-order valence-electron chi connectivity index (χ1n) is 8.98. The molecule has 21 heavy (non-hydrogen) atoms. The van der Waals surface area contributed by atoms with Gasteiger partial charge in [0.2, 0.25) is 0 Å². The smallest absolute Gasteiger partial charge is 0.0856 e. The molecule has 1 aliphatic heterocycles. The molecule has 0 atom stereocenters. The molecule has 0 saturated carbocycles. The quantitative estimate of drug-likeness (QED) is 0.637. The van der Waals surface area contributed by atoms with Crippen LogP contribution in [0.25, 0.3) is 0 Å². The van der Waals surface area contributed by atoms with Crippen LogP contribution in [0.5, 0.6) is 0 Å². The predicted molar refractivity (Wildman–Crippen MR) is 95.9 cm³/mol. The van der Waals surface area contributed by atoms with Crippen LogP contribution in [0, 0.1) is 0 Å². The van der Waals surface area contributed by atoms with Crippen molar-refractivity contribution in [3.8, 4) is 0 Å². The summed E-state index contributed by atoms with van der Waals surface area (Å²) >= 11 is 0. The fraction of sp³-hybridized carbons (Fsp3) is 0.889. The van der Waals surface area contributed by atoms with Gasteiger partial charge in [-0.1, -0.05) is 40.7 Å². The number of unbranched alkanes of at least 4 members (excludes halogenated alkanes) is 2. The maximum Gasteiger partial charge on any atom is 0.0856 e. The van der Waals surface area contributed by atoms with Crippen LogP contribution >= 0.6 is 0 Å². The van der Waals surface area contributed by atoms with E-state index in [1.165, 1.54) is 58.2 Å². The lowest BCUT2D eigenvalue weighted by molar-refractivity contribution is 0.146. The van der Waals surface area contributed by atoms with Gasteiger partial charge in [0.1, 0.15) is 0 Å². The van der Waals surface area contributed by atoms with Gasteiger partial charge in [-0.2, -0.15) is 0 Å². The summed E-state index contributed by atoms with van der Waals surface area (Å²) in [7, 11) is 1.88. The number of likely N-dealkylation sites (tertiary alicyclic amines) is 1. The zero-order chi connectivity index (χ0) is 16.3. The summed E-state index contributed by atoms with van der Waals surface area (Å²) in [5.41, 5.74) is 0.957. The van der Waals surface area contributed by atoms with Gasteiger partial charge in [0.25, 0.3) is 0 Å². The van der Waals surface area contributed by atoms with Gasteiger partial charge in [-0.3, -0.25) is 0 Å². The third kappa shape index (κ3) is 15.7. The molecule has 0 aromatic rings. The van der Waals surface area contributed by atoms with Gasteiger partial charge in [0.15, 0.2) is 0 Å². The third-order valence-corrected chi connectivity index (χ3v) is 3.34. The van der Waals surface area contributed by atoms with Gasteiger partial charge < -0.3 is 15.0 Å². The van der Waals surface area contributed by atoms with Crippen molar-refractivity contribution in [1.29, 1.82) is 0 Å². The summed E-state index contributed by atoms with van der Waals surface area (Å²) in [6, 6.07) is 0. The van der Waals surface area contributed by atoms with E-state index in [0.717, 1.165) is 12.3 Å². The van der Waals surface area contributed by atoms with E-state index in [-0.39, 0.29) is 0 Å². The van der Waals surface area contributed by atoms with Crippen LogP contribution in [0.3, 0.4) is 0 Å². The minimum atomic E-state index is 0.641. The highest BCUT2D eigenvalue weighted by Crippen LogP contribution is 2.09. The van der Waals surface area contributed by atoms with E-state index in [1.54, 1.807) is 0 Å². The van der Waals surface area contributed by atoms with Crippen molar-refractivity contribution >= 4 is 0 Å². The molecule has 0 radical (unpaired) electrons. The standard InChI is InChI=1S/C14H28N2O.2C2H6/c1-14(15-2)13-17-12-8-4-7-11-16-9-5-3-6-10-16;2*1-2/h15H,1,3-13H2,2H3;2*1-2H3. The molecule has 1 aliphatic rings. The number of nitrogens with one attached hydrogen (secondary N) is 1. The molecule has 0 aromatic heterocycles. The van der Waals surface area contributed by atoms with Crippen molar-refractivity contribution in [3.05, 3.63) is 12.3 Å². The maximum absolute atomic E-state index is 5.50. The van der Waals surface area contributed by atoms with Crippen LogP contribution in [0.2, 0.25) is 0 Å². The Hall–Kier alpha value is -0.540. The first-order valence-corrected chi connectivity index (χ1v) is 8.98. The van der Waals surface area contributed by atoms with Crippen LogP contribution < -0.4 is 5.32 Å². The average molecular weight is 301 g/mol. The van der Waals surface area contributed by atoms with Crippen molar-refractivity contribution < 1.29 is 4.74 Å². The Bertz CT molecular complexity index is 201. The third-order valence-electron chi connectivity index (χ3n) is 3.34. The Labute approximate surface area is 134 Å². The first-order chi connectivity index (χ1) is 10.3. The minimum absolute atomic E-state index is 0.641. The molecule has 0 amide bonds. The highest BCUT2D eigenvalue weighted by molar-refractivity contribution is 4.88. The van der Waals surface area contributed by atoms with Crippen molar-refractivity contribution in [3.63, 3.8) is 0 Å². The Balaban J connectivity index is 0. The Morgan fingerprint density at radius 2 is 1.62 bits per heavy atom. The molecule has 1 fully saturated rings. The predicted octanol–water partition coefficient (Wildman–Crippen LogP) is 4.44. The lowest BCUT2D eigenvalue weighted by Crippen LogP contribution is -2.30. The van der Waals surface area contributed by atoms with Crippen LogP contribution in [0.15, 0.2) is 12.3 Å². The molecule has 0 aromatic carbocycles. The topological polar surface area (TPSA) is 24.5 Å². The molecule has 1 saturated heterocycles. The molecule has 0 bridgehead atoms. The van der Waals surface area contributed by atoms with E-state index in [4.69, 9.17) is 4.74 Å². The number of likely N-dealkylation sites (N-methyl/N-ethyl adjacent to an activating group) is 1. The average Bonchev–Trinajstić information content (AvgIpc) is 2.58. The molecule has 1 heterocycles. The number of ether oxygens (including phenoxy) is 1. The molecule has 1 N–H and O–H groups in total. The zero-order valence-electron chi connectivity index (χ0n) is 15.3. The second kappa shape index (κ2) is 19.5. The maximum atomic E-state index is 5.50. The van der Waals surface area contributed by atoms with Crippen LogP contribution in [0.1, 0.15) is 66.2 Å². The van der Waals surface area contributed by atoms with Gasteiger partial charge in [-0.05, 0) is 51.7 Å². The van der Waals surface area contributed by atoms with E-state index in [9.17, 15) is 0 Å². The molecule has 1 rings (SSSR count). The molecule has 0 unspecified atom stereocenters. The second-order valence-electron chi connectivity index (χ2n) is 4.87. The summed E-state index contributed by atoms with van der Waals surface area (Å²) in [5, 5.41) is 2.98. The number of piperidine rings is 1. The van der Waals surface area contributed by atoms with Crippen molar-refractivity contribution in [2.75, 3.05) is 39.9 Å². The molecule has 3 nitrogen and oxygen atoms in total. The number of nitrogens with zero attached hydrogens (tertiary/aromatic N) is 1. The van der Waals surface area contributed by atoms with Crippen molar-refractivity contribution in [2.45, 2.75) is 66.2 Å². The number of hydrogen-bond donors (Lipinski definition) is 1. The lowest BCUT2D eigenvalue weighted by atomic mass is 10.1. The molecule has 3 heteroatoms. The largest absolute Gasteiger partial charge is 0.390 e. The van der Waals surface area contributed by atoms with Gasteiger partial charge in [-0.25, -0.2) is 0 Å². The highest BCUT2D eigenvalue weighted by Gasteiger charge is 2.08. The van der Waals surface area contributed by atoms with E-state index in [1.807, 2.05) is 34.7 Å². The molecular formula is C18H40N2O. The number of rotatable bonds is 9. The summed E-state index contributed by atoms with van der Waals surface area (Å²) in [6.07, 6.45) is 7.99. The summed E-state index contributed by atoms with van der Waals surface area (Å²) in [4.78, 5) is 2.60. The highest BCUT2D eigenvalue weighted by atomic mass is 16.5. The normalized spacial score (nSPS) is 14.3.